The average molecular weight is 279 g/mol. The van der Waals surface area contributed by atoms with E-state index >= 15 is 0 Å². The molecule has 1 N–H and O–H groups in total. The van der Waals surface area contributed by atoms with Crippen molar-refractivity contribution >= 4 is 5.91 Å². The van der Waals surface area contributed by atoms with Gasteiger partial charge in [-0.3, -0.25) is 4.79 Å². The van der Waals surface area contributed by atoms with Crippen molar-refractivity contribution in [1.82, 2.24) is 4.90 Å². The van der Waals surface area contributed by atoms with Gasteiger partial charge in [0, 0.05) is 24.9 Å². The van der Waals surface area contributed by atoms with E-state index in [9.17, 15) is 9.90 Å². The molecule has 3 rings (SSSR count). The summed E-state index contributed by atoms with van der Waals surface area (Å²) in [5, 5.41) is 10.7. The first-order valence-corrected chi connectivity index (χ1v) is 8.60. The van der Waals surface area contributed by atoms with Gasteiger partial charge < -0.3 is 10.0 Å². The van der Waals surface area contributed by atoms with E-state index in [1.807, 2.05) is 0 Å². The van der Waals surface area contributed by atoms with Gasteiger partial charge in [-0.1, -0.05) is 19.8 Å². The van der Waals surface area contributed by atoms with E-state index < -0.39 is 5.60 Å². The molecule has 0 spiro atoms. The Hall–Kier alpha value is -0.570. The smallest absolute Gasteiger partial charge is 0.225 e. The van der Waals surface area contributed by atoms with Crippen LogP contribution in [0.15, 0.2) is 0 Å². The van der Waals surface area contributed by atoms with Crippen LogP contribution in [0.2, 0.25) is 0 Å². The number of piperidine rings is 1. The fourth-order valence-electron chi connectivity index (χ4n) is 4.54. The number of rotatable bonds is 1. The second-order valence-corrected chi connectivity index (χ2v) is 7.54. The molecule has 1 amide bonds. The van der Waals surface area contributed by atoms with Crippen molar-refractivity contribution in [1.29, 1.82) is 0 Å². The summed E-state index contributed by atoms with van der Waals surface area (Å²) < 4.78 is 0. The number of fused-ring (bicyclic) bond motifs is 1. The standard InChI is InChI=1S/C17H29NO2/c1-13-5-7-14(8-6-13)16(19)18-11-10-17(20)9-3-2-4-15(17)12-18/h13-15,20H,2-12H2,1H3. The van der Waals surface area contributed by atoms with Gasteiger partial charge in [0.25, 0.3) is 0 Å². The maximum absolute atomic E-state index is 12.7. The molecule has 0 bridgehead atoms. The first-order valence-electron chi connectivity index (χ1n) is 8.60. The zero-order valence-electron chi connectivity index (χ0n) is 12.8. The van der Waals surface area contributed by atoms with Gasteiger partial charge in [-0.25, -0.2) is 0 Å². The molecule has 1 saturated heterocycles. The number of aliphatic hydroxyl groups is 1. The van der Waals surface area contributed by atoms with Crippen molar-refractivity contribution in [2.24, 2.45) is 17.8 Å². The molecule has 3 aliphatic rings. The highest BCUT2D eigenvalue weighted by molar-refractivity contribution is 5.79. The summed E-state index contributed by atoms with van der Waals surface area (Å²) in [5.74, 6) is 1.77. The van der Waals surface area contributed by atoms with Crippen LogP contribution in [-0.4, -0.2) is 34.6 Å². The number of carbonyl (C=O) groups is 1. The number of nitrogens with zero attached hydrogens (tertiary/aromatic N) is 1. The number of hydrogen-bond donors (Lipinski definition) is 1. The van der Waals surface area contributed by atoms with Crippen LogP contribution in [0.4, 0.5) is 0 Å². The van der Waals surface area contributed by atoms with E-state index in [2.05, 4.69) is 11.8 Å². The Morgan fingerprint density at radius 2 is 1.85 bits per heavy atom. The molecule has 0 aromatic rings. The van der Waals surface area contributed by atoms with Crippen LogP contribution in [0.1, 0.15) is 64.7 Å². The molecule has 0 aromatic carbocycles. The summed E-state index contributed by atoms with van der Waals surface area (Å²) >= 11 is 0. The minimum Gasteiger partial charge on any atom is -0.389 e. The highest BCUT2D eigenvalue weighted by atomic mass is 16.3. The van der Waals surface area contributed by atoms with Crippen molar-refractivity contribution in [3.05, 3.63) is 0 Å². The molecule has 0 aromatic heterocycles. The van der Waals surface area contributed by atoms with Crippen molar-refractivity contribution < 1.29 is 9.90 Å². The molecule has 0 radical (unpaired) electrons. The molecule has 1 aliphatic heterocycles. The molecule has 2 atom stereocenters. The van der Waals surface area contributed by atoms with Crippen LogP contribution >= 0.6 is 0 Å². The molecule has 3 heteroatoms. The summed E-state index contributed by atoms with van der Waals surface area (Å²) in [6.45, 7) is 3.88. The monoisotopic (exact) mass is 279 g/mol. The van der Waals surface area contributed by atoms with Gasteiger partial charge in [0.05, 0.1) is 5.60 Å². The van der Waals surface area contributed by atoms with Crippen LogP contribution in [0.5, 0.6) is 0 Å². The summed E-state index contributed by atoms with van der Waals surface area (Å²) in [4.78, 5) is 14.8. The average Bonchev–Trinajstić information content (AvgIpc) is 2.46. The quantitative estimate of drug-likeness (QED) is 0.801. The van der Waals surface area contributed by atoms with E-state index in [1.54, 1.807) is 0 Å². The normalized spacial score (nSPS) is 42.1. The third-order valence-electron chi connectivity index (χ3n) is 6.10. The predicted molar refractivity (Wildman–Crippen MR) is 79.2 cm³/mol. The van der Waals surface area contributed by atoms with E-state index in [0.717, 1.165) is 57.5 Å². The van der Waals surface area contributed by atoms with Crippen LogP contribution in [0.3, 0.4) is 0 Å². The van der Waals surface area contributed by atoms with E-state index in [4.69, 9.17) is 0 Å². The lowest BCUT2D eigenvalue weighted by Gasteiger charge is -2.48. The predicted octanol–water partition coefficient (Wildman–Crippen LogP) is 2.97. The number of carbonyl (C=O) groups excluding carboxylic acids is 1. The highest BCUT2D eigenvalue weighted by Gasteiger charge is 2.44. The molecular formula is C17H29NO2. The molecule has 1 heterocycles. The van der Waals surface area contributed by atoms with E-state index in [1.165, 1.54) is 19.3 Å². The Morgan fingerprint density at radius 1 is 1.10 bits per heavy atom. The van der Waals surface area contributed by atoms with Crippen LogP contribution in [0.25, 0.3) is 0 Å². The zero-order valence-corrected chi connectivity index (χ0v) is 12.8. The van der Waals surface area contributed by atoms with Gasteiger partial charge in [-0.2, -0.15) is 0 Å². The van der Waals surface area contributed by atoms with Crippen molar-refractivity contribution in [3.8, 4) is 0 Å². The fraction of sp³-hybridized carbons (Fsp3) is 0.941. The molecule has 2 aliphatic carbocycles. The van der Waals surface area contributed by atoms with Gasteiger partial charge in [0.15, 0.2) is 0 Å². The molecule has 2 unspecified atom stereocenters. The summed E-state index contributed by atoms with van der Waals surface area (Å²) in [5.41, 5.74) is -0.462. The highest BCUT2D eigenvalue weighted by Crippen LogP contribution is 2.40. The lowest BCUT2D eigenvalue weighted by Crippen LogP contribution is -2.55. The van der Waals surface area contributed by atoms with Gasteiger partial charge in [-0.15, -0.1) is 0 Å². The first-order chi connectivity index (χ1) is 9.58. The third-order valence-corrected chi connectivity index (χ3v) is 6.10. The molecule has 2 saturated carbocycles. The number of amides is 1. The topological polar surface area (TPSA) is 40.5 Å². The van der Waals surface area contributed by atoms with Crippen molar-refractivity contribution in [2.75, 3.05) is 13.1 Å². The minimum atomic E-state index is -0.462. The van der Waals surface area contributed by atoms with Gasteiger partial charge in [0.2, 0.25) is 5.91 Å². The van der Waals surface area contributed by atoms with Crippen LogP contribution < -0.4 is 0 Å². The Balaban J connectivity index is 1.60. The molecule has 3 fully saturated rings. The van der Waals surface area contributed by atoms with E-state index in [-0.39, 0.29) is 5.92 Å². The minimum absolute atomic E-state index is 0.265. The molecule has 20 heavy (non-hydrogen) atoms. The summed E-state index contributed by atoms with van der Waals surface area (Å²) in [6, 6.07) is 0. The van der Waals surface area contributed by atoms with E-state index in [0.29, 0.717) is 11.8 Å². The third kappa shape index (κ3) is 2.74. The Kier molecular flexibility index (Phi) is 4.07. The van der Waals surface area contributed by atoms with Gasteiger partial charge in [-0.05, 0) is 50.9 Å². The Bertz CT molecular complexity index is 362. The largest absolute Gasteiger partial charge is 0.389 e. The van der Waals surface area contributed by atoms with Crippen molar-refractivity contribution in [2.45, 2.75) is 70.3 Å². The second kappa shape index (κ2) is 5.67. The van der Waals surface area contributed by atoms with Crippen LogP contribution in [-0.2, 0) is 4.79 Å². The second-order valence-electron chi connectivity index (χ2n) is 7.54. The van der Waals surface area contributed by atoms with Gasteiger partial charge in [0.1, 0.15) is 0 Å². The molecule has 114 valence electrons. The Labute approximate surface area is 122 Å². The zero-order chi connectivity index (χ0) is 14.2. The number of hydrogen-bond acceptors (Lipinski definition) is 2. The summed E-state index contributed by atoms with van der Waals surface area (Å²) in [6.07, 6.45) is 9.78. The SMILES string of the molecule is CC1CCC(C(=O)N2CCC3(O)CCCCC3C2)CC1. The summed E-state index contributed by atoms with van der Waals surface area (Å²) in [7, 11) is 0. The maximum Gasteiger partial charge on any atom is 0.225 e. The number of likely N-dealkylation sites (tertiary alicyclic amines) is 1. The fourth-order valence-corrected chi connectivity index (χ4v) is 4.54. The van der Waals surface area contributed by atoms with Crippen molar-refractivity contribution in [3.63, 3.8) is 0 Å². The van der Waals surface area contributed by atoms with Gasteiger partial charge >= 0.3 is 0 Å². The van der Waals surface area contributed by atoms with Crippen LogP contribution in [0, 0.1) is 17.8 Å². The lowest BCUT2D eigenvalue weighted by molar-refractivity contribution is -0.148. The molecular weight excluding hydrogens is 250 g/mol. The first kappa shape index (κ1) is 14.4. The maximum atomic E-state index is 12.7. The Morgan fingerprint density at radius 3 is 2.60 bits per heavy atom. The molecule has 3 nitrogen and oxygen atoms in total. The lowest BCUT2D eigenvalue weighted by atomic mass is 9.71.